The molecule has 94 valence electrons. The molecule has 0 amide bonds. The highest BCUT2D eigenvalue weighted by Gasteiger charge is 2.29. The van der Waals surface area contributed by atoms with Gasteiger partial charge in [0.2, 0.25) is 0 Å². The van der Waals surface area contributed by atoms with Gasteiger partial charge in [0.1, 0.15) is 0 Å². The molecular weight excluding hydrogens is 214 g/mol. The molecule has 0 aliphatic rings. The fraction of sp³-hybridized carbons (Fsp3) is 0.500. The third-order valence-electron chi connectivity index (χ3n) is 3.01. The van der Waals surface area contributed by atoms with Crippen molar-refractivity contribution in [3.63, 3.8) is 0 Å². The van der Waals surface area contributed by atoms with Crippen molar-refractivity contribution in [2.75, 3.05) is 6.54 Å². The van der Waals surface area contributed by atoms with Gasteiger partial charge in [0, 0.05) is 0 Å². The Morgan fingerprint density at radius 2 is 2.06 bits per heavy atom. The zero-order chi connectivity index (χ0) is 12.9. The molecule has 1 aromatic carbocycles. The number of aryl methyl sites for hydroxylation is 1. The summed E-state index contributed by atoms with van der Waals surface area (Å²) in [7, 11) is 0. The fourth-order valence-corrected chi connectivity index (χ4v) is 2.15. The highest BCUT2D eigenvalue weighted by atomic mass is 16.4. The molecule has 1 rings (SSSR count). The summed E-state index contributed by atoms with van der Waals surface area (Å²) in [5.41, 5.74) is 1.70. The topological polar surface area (TPSA) is 49.3 Å². The largest absolute Gasteiger partial charge is 0.481 e. The molecule has 1 atom stereocenters. The number of carbonyl (C=O) groups is 1. The average molecular weight is 235 g/mol. The van der Waals surface area contributed by atoms with Gasteiger partial charge in [-0.15, -0.1) is 0 Å². The van der Waals surface area contributed by atoms with Gasteiger partial charge < -0.3 is 10.4 Å². The Hall–Kier alpha value is -1.35. The van der Waals surface area contributed by atoms with Gasteiger partial charge >= 0.3 is 5.97 Å². The molecule has 1 aromatic rings. The minimum atomic E-state index is -0.778. The number of carboxylic acid groups (broad SMARTS) is 1. The van der Waals surface area contributed by atoms with Crippen LogP contribution in [0.4, 0.5) is 0 Å². The molecule has 0 heterocycles. The Morgan fingerprint density at radius 1 is 1.41 bits per heavy atom. The van der Waals surface area contributed by atoms with Crippen LogP contribution in [0, 0.1) is 6.92 Å². The molecule has 0 spiro atoms. The van der Waals surface area contributed by atoms with Gasteiger partial charge in [-0.1, -0.05) is 31.2 Å². The zero-order valence-electron chi connectivity index (χ0n) is 10.8. The SMILES string of the molecule is CCCNC(C)(CC(=O)O)c1ccccc1C. The van der Waals surface area contributed by atoms with Crippen LogP contribution < -0.4 is 5.32 Å². The van der Waals surface area contributed by atoms with Crippen molar-refractivity contribution in [2.24, 2.45) is 0 Å². The van der Waals surface area contributed by atoms with Crippen molar-refractivity contribution in [3.8, 4) is 0 Å². The molecule has 2 N–H and O–H groups in total. The summed E-state index contributed by atoms with van der Waals surface area (Å²) in [6.45, 7) is 6.87. The summed E-state index contributed by atoms with van der Waals surface area (Å²) in [4.78, 5) is 11.0. The average Bonchev–Trinajstić information content (AvgIpc) is 2.26. The first-order chi connectivity index (χ1) is 7.99. The lowest BCUT2D eigenvalue weighted by Crippen LogP contribution is -2.42. The van der Waals surface area contributed by atoms with E-state index in [-0.39, 0.29) is 6.42 Å². The summed E-state index contributed by atoms with van der Waals surface area (Å²) < 4.78 is 0. The lowest BCUT2D eigenvalue weighted by atomic mass is 9.85. The monoisotopic (exact) mass is 235 g/mol. The summed E-state index contributed by atoms with van der Waals surface area (Å²) in [6.07, 6.45) is 1.08. The quantitative estimate of drug-likeness (QED) is 0.797. The minimum Gasteiger partial charge on any atom is -0.481 e. The molecule has 0 aliphatic heterocycles. The van der Waals surface area contributed by atoms with E-state index in [1.54, 1.807) is 0 Å². The van der Waals surface area contributed by atoms with E-state index >= 15 is 0 Å². The van der Waals surface area contributed by atoms with Crippen LogP contribution in [-0.4, -0.2) is 17.6 Å². The molecular formula is C14H21NO2. The van der Waals surface area contributed by atoms with Crippen molar-refractivity contribution in [1.82, 2.24) is 5.32 Å². The van der Waals surface area contributed by atoms with Crippen LogP contribution in [0.25, 0.3) is 0 Å². The van der Waals surface area contributed by atoms with Crippen LogP contribution in [-0.2, 0) is 10.3 Å². The molecule has 3 nitrogen and oxygen atoms in total. The maximum absolute atomic E-state index is 11.0. The van der Waals surface area contributed by atoms with Crippen molar-refractivity contribution in [1.29, 1.82) is 0 Å². The van der Waals surface area contributed by atoms with Crippen molar-refractivity contribution >= 4 is 5.97 Å². The molecule has 0 bridgehead atoms. The predicted octanol–water partition coefficient (Wildman–Crippen LogP) is 2.68. The first-order valence-corrected chi connectivity index (χ1v) is 6.02. The highest BCUT2D eigenvalue weighted by Crippen LogP contribution is 2.27. The lowest BCUT2D eigenvalue weighted by molar-refractivity contribution is -0.138. The maximum Gasteiger partial charge on any atom is 0.305 e. The number of hydrogen-bond donors (Lipinski definition) is 2. The number of benzene rings is 1. The Kier molecular flexibility index (Phi) is 4.70. The third-order valence-corrected chi connectivity index (χ3v) is 3.01. The van der Waals surface area contributed by atoms with E-state index in [1.165, 1.54) is 0 Å². The standard InChI is InChI=1S/C14H21NO2/c1-4-9-15-14(3,10-13(16)17)12-8-6-5-7-11(12)2/h5-8,15H,4,9-10H2,1-3H3,(H,16,17). The number of hydrogen-bond acceptors (Lipinski definition) is 2. The summed E-state index contributed by atoms with van der Waals surface area (Å²) >= 11 is 0. The smallest absolute Gasteiger partial charge is 0.305 e. The van der Waals surface area contributed by atoms with Gasteiger partial charge in [0.25, 0.3) is 0 Å². The van der Waals surface area contributed by atoms with Crippen LogP contribution >= 0.6 is 0 Å². The second-order valence-electron chi connectivity index (χ2n) is 4.64. The maximum atomic E-state index is 11.0. The second-order valence-corrected chi connectivity index (χ2v) is 4.64. The Bertz CT molecular complexity index is 390. The molecule has 0 radical (unpaired) electrons. The van der Waals surface area contributed by atoms with E-state index in [1.807, 2.05) is 38.1 Å². The van der Waals surface area contributed by atoms with E-state index < -0.39 is 11.5 Å². The molecule has 0 aliphatic carbocycles. The molecule has 0 saturated carbocycles. The Labute approximate surface area is 103 Å². The van der Waals surface area contributed by atoms with E-state index in [2.05, 4.69) is 12.2 Å². The number of carboxylic acids is 1. The van der Waals surface area contributed by atoms with Gasteiger partial charge in [0.05, 0.1) is 12.0 Å². The van der Waals surface area contributed by atoms with Crippen LogP contribution in [0.2, 0.25) is 0 Å². The molecule has 1 unspecified atom stereocenters. The normalized spacial score (nSPS) is 14.3. The number of aliphatic carboxylic acids is 1. The van der Waals surface area contributed by atoms with E-state index in [4.69, 9.17) is 5.11 Å². The van der Waals surface area contributed by atoms with Crippen LogP contribution in [0.1, 0.15) is 37.8 Å². The number of rotatable bonds is 6. The van der Waals surface area contributed by atoms with Crippen molar-refractivity contribution in [3.05, 3.63) is 35.4 Å². The molecule has 0 fully saturated rings. The second kappa shape index (κ2) is 5.82. The van der Waals surface area contributed by atoms with Gasteiger partial charge in [-0.2, -0.15) is 0 Å². The third kappa shape index (κ3) is 3.56. The first kappa shape index (κ1) is 13.7. The van der Waals surface area contributed by atoms with Gasteiger partial charge in [-0.3, -0.25) is 4.79 Å². The Morgan fingerprint density at radius 3 is 2.59 bits per heavy atom. The number of nitrogens with one attached hydrogen (secondary N) is 1. The molecule has 0 aromatic heterocycles. The predicted molar refractivity (Wildman–Crippen MR) is 69.1 cm³/mol. The van der Waals surface area contributed by atoms with Gasteiger partial charge in [-0.05, 0) is 37.9 Å². The van der Waals surface area contributed by atoms with Crippen LogP contribution in [0.5, 0.6) is 0 Å². The van der Waals surface area contributed by atoms with Crippen molar-refractivity contribution in [2.45, 2.75) is 39.2 Å². The van der Waals surface area contributed by atoms with Crippen molar-refractivity contribution < 1.29 is 9.90 Å². The fourth-order valence-electron chi connectivity index (χ4n) is 2.15. The van der Waals surface area contributed by atoms with Crippen LogP contribution in [0.3, 0.4) is 0 Å². The van der Waals surface area contributed by atoms with E-state index in [9.17, 15) is 4.79 Å². The summed E-state index contributed by atoms with van der Waals surface area (Å²) in [5, 5.41) is 12.4. The lowest BCUT2D eigenvalue weighted by Gasteiger charge is -2.31. The molecule has 3 heteroatoms. The molecule has 0 saturated heterocycles. The van der Waals surface area contributed by atoms with E-state index in [0.717, 1.165) is 24.1 Å². The zero-order valence-corrected chi connectivity index (χ0v) is 10.8. The highest BCUT2D eigenvalue weighted by molar-refractivity contribution is 5.69. The van der Waals surface area contributed by atoms with Crippen LogP contribution in [0.15, 0.2) is 24.3 Å². The minimum absolute atomic E-state index is 0.0951. The summed E-state index contributed by atoms with van der Waals surface area (Å²) in [6, 6.07) is 7.94. The summed E-state index contributed by atoms with van der Waals surface area (Å²) in [5.74, 6) is -0.778. The van der Waals surface area contributed by atoms with Gasteiger partial charge in [0.15, 0.2) is 0 Å². The molecule has 17 heavy (non-hydrogen) atoms. The first-order valence-electron chi connectivity index (χ1n) is 6.02. The van der Waals surface area contributed by atoms with E-state index in [0.29, 0.717) is 0 Å². The van der Waals surface area contributed by atoms with Gasteiger partial charge in [-0.25, -0.2) is 0 Å². The Balaban J connectivity index is 3.04.